The van der Waals surface area contributed by atoms with Crippen LogP contribution in [0.15, 0.2) is 12.4 Å². The average Bonchev–Trinajstić information content (AvgIpc) is 2.26. The van der Waals surface area contributed by atoms with Gasteiger partial charge in [-0.2, -0.15) is 0 Å². The molecule has 16 heavy (non-hydrogen) atoms. The fourth-order valence-corrected chi connectivity index (χ4v) is 1.35. The van der Waals surface area contributed by atoms with Crippen LogP contribution in [0.2, 0.25) is 0 Å². The monoisotopic (exact) mass is 243 g/mol. The van der Waals surface area contributed by atoms with E-state index in [1.807, 2.05) is 13.8 Å². The third-order valence-corrected chi connectivity index (χ3v) is 3.37. The summed E-state index contributed by atoms with van der Waals surface area (Å²) < 4.78 is 16.4. The Hall–Kier alpha value is -1.17. The number of ether oxygens (including phenoxy) is 1. The molecule has 90 valence electrons. The van der Waals surface area contributed by atoms with Crippen LogP contribution in [-0.4, -0.2) is 38.8 Å². The van der Waals surface area contributed by atoms with E-state index in [9.17, 15) is 4.21 Å². The predicted octanol–water partition coefficient (Wildman–Crippen LogP) is 1.05. The molecule has 0 aliphatic heterocycles. The third kappa shape index (κ3) is 4.14. The molecule has 0 fully saturated rings. The second kappa shape index (κ2) is 6.42. The molecule has 1 heterocycles. The summed E-state index contributed by atoms with van der Waals surface area (Å²) in [4.78, 5) is 8.01. The van der Waals surface area contributed by atoms with Crippen LogP contribution in [0.5, 0.6) is 5.88 Å². The molecule has 0 spiro atoms. The van der Waals surface area contributed by atoms with E-state index >= 15 is 0 Å². The van der Waals surface area contributed by atoms with E-state index in [-0.39, 0.29) is 5.25 Å². The van der Waals surface area contributed by atoms with Crippen molar-refractivity contribution in [2.45, 2.75) is 19.1 Å². The Kier molecular flexibility index (Phi) is 5.18. The van der Waals surface area contributed by atoms with Crippen molar-refractivity contribution in [2.24, 2.45) is 0 Å². The minimum atomic E-state index is -0.830. The molecule has 0 saturated heterocycles. The molecule has 1 rings (SSSR count). The van der Waals surface area contributed by atoms with Gasteiger partial charge >= 0.3 is 0 Å². The summed E-state index contributed by atoms with van der Waals surface area (Å²) >= 11 is 0. The summed E-state index contributed by atoms with van der Waals surface area (Å²) in [6, 6.07) is 1.73. The van der Waals surface area contributed by atoms with Crippen molar-refractivity contribution in [3.63, 3.8) is 0 Å². The molecule has 0 aliphatic rings. The molecule has 0 radical (unpaired) electrons. The molecule has 0 bridgehead atoms. The predicted molar refractivity (Wildman–Crippen MR) is 65.2 cm³/mol. The Morgan fingerprint density at radius 2 is 2.31 bits per heavy atom. The Balaban J connectivity index is 2.53. The third-order valence-electron chi connectivity index (χ3n) is 2.07. The van der Waals surface area contributed by atoms with Gasteiger partial charge in [-0.3, -0.25) is 4.21 Å². The standard InChI is InChI=1S/C10H17N3O2S/c1-4-15-10-5-9(12-7-13-10)11-6-8(2)16(3)14/h5,7-8H,4,6H2,1-3H3,(H,11,12,13)/t8-,16-/m1/s1. The van der Waals surface area contributed by atoms with Crippen LogP contribution < -0.4 is 10.1 Å². The first-order valence-corrected chi connectivity index (χ1v) is 6.76. The van der Waals surface area contributed by atoms with Crippen LogP contribution in [0.3, 0.4) is 0 Å². The maximum atomic E-state index is 11.1. The van der Waals surface area contributed by atoms with Gasteiger partial charge in [-0.1, -0.05) is 0 Å². The highest BCUT2D eigenvalue weighted by atomic mass is 32.2. The Bertz CT molecular complexity index is 360. The quantitative estimate of drug-likeness (QED) is 0.809. The fourth-order valence-electron chi connectivity index (χ4n) is 1.03. The van der Waals surface area contributed by atoms with E-state index in [2.05, 4.69) is 15.3 Å². The molecule has 0 aromatic carbocycles. The van der Waals surface area contributed by atoms with Crippen LogP contribution in [0, 0.1) is 0 Å². The molecule has 0 saturated carbocycles. The number of rotatable bonds is 6. The lowest BCUT2D eigenvalue weighted by Crippen LogP contribution is -2.21. The lowest BCUT2D eigenvalue weighted by Gasteiger charge is -2.10. The van der Waals surface area contributed by atoms with Gasteiger partial charge < -0.3 is 10.1 Å². The summed E-state index contributed by atoms with van der Waals surface area (Å²) in [6.07, 6.45) is 3.14. The number of hydrogen-bond acceptors (Lipinski definition) is 5. The number of anilines is 1. The van der Waals surface area contributed by atoms with E-state index in [1.165, 1.54) is 6.33 Å². The van der Waals surface area contributed by atoms with Gasteiger partial charge in [-0.15, -0.1) is 0 Å². The Morgan fingerprint density at radius 3 is 2.94 bits per heavy atom. The zero-order chi connectivity index (χ0) is 12.0. The lowest BCUT2D eigenvalue weighted by molar-refractivity contribution is 0.326. The van der Waals surface area contributed by atoms with Crippen LogP contribution >= 0.6 is 0 Å². The number of aromatic nitrogens is 2. The normalized spacial score (nSPS) is 14.2. The van der Waals surface area contributed by atoms with Gasteiger partial charge in [0.15, 0.2) is 0 Å². The maximum Gasteiger partial charge on any atom is 0.218 e. The highest BCUT2D eigenvalue weighted by molar-refractivity contribution is 7.84. The first kappa shape index (κ1) is 12.9. The SMILES string of the molecule is CCOc1cc(NC[C@@H](C)[S@@](C)=O)ncn1. The van der Waals surface area contributed by atoms with Crippen LogP contribution in [0.25, 0.3) is 0 Å². The molecular formula is C10H17N3O2S. The summed E-state index contributed by atoms with van der Waals surface area (Å²) in [7, 11) is -0.830. The van der Waals surface area contributed by atoms with Crippen molar-refractivity contribution in [1.82, 2.24) is 9.97 Å². The van der Waals surface area contributed by atoms with Crippen molar-refractivity contribution in [1.29, 1.82) is 0 Å². The van der Waals surface area contributed by atoms with Crippen LogP contribution in [0.4, 0.5) is 5.82 Å². The number of nitrogens with zero attached hydrogens (tertiary/aromatic N) is 2. The molecule has 0 aliphatic carbocycles. The highest BCUT2D eigenvalue weighted by Gasteiger charge is 2.06. The Labute approximate surface area is 98.1 Å². The van der Waals surface area contributed by atoms with E-state index in [4.69, 9.17) is 4.74 Å². The first-order valence-electron chi connectivity index (χ1n) is 5.14. The summed E-state index contributed by atoms with van der Waals surface area (Å²) in [5.41, 5.74) is 0. The second-order valence-corrected chi connectivity index (χ2v) is 5.17. The van der Waals surface area contributed by atoms with Gasteiger partial charge in [-0.05, 0) is 13.8 Å². The van der Waals surface area contributed by atoms with E-state index in [0.717, 1.165) is 0 Å². The van der Waals surface area contributed by atoms with Gasteiger partial charge in [0.05, 0.1) is 6.61 Å². The molecule has 5 nitrogen and oxygen atoms in total. The number of hydrogen-bond donors (Lipinski definition) is 1. The fraction of sp³-hybridized carbons (Fsp3) is 0.600. The first-order chi connectivity index (χ1) is 7.63. The smallest absolute Gasteiger partial charge is 0.218 e. The van der Waals surface area contributed by atoms with Gasteiger partial charge in [-0.25, -0.2) is 9.97 Å². The molecule has 1 aromatic rings. The maximum absolute atomic E-state index is 11.1. The molecule has 0 unspecified atom stereocenters. The van der Waals surface area contributed by atoms with Crippen LogP contribution in [0.1, 0.15) is 13.8 Å². The van der Waals surface area contributed by atoms with E-state index in [1.54, 1.807) is 12.3 Å². The van der Waals surface area contributed by atoms with Gasteiger partial charge in [0, 0.05) is 34.9 Å². The average molecular weight is 243 g/mol. The zero-order valence-corrected chi connectivity index (χ0v) is 10.6. The second-order valence-electron chi connectivity index (χ2n) is 3.36. The van der Waals surface area contributed by atoms with Crippen molar-refractivity contribution >= 4 is 16.6 Å². The molecule has 1 aromatic heterocycles. The number of nitrogens with one attached hydrogen (secondary N) is 1. The minimum absolute atomic E-state index is 0.0884. The molecule has 2 atom stereocenters. The molecule has 6 heteroatoms. The van der Waals surface area contributed by atoms with Gasteiger partial charge in [0.25, 0.3) is 0 Å². The van der Waals surface area contributed by atoms with Crippen molar-refractivity contribution in [3.05, 3.63) is 12.4 Å². The lowest BCUT2D eigenvalue weighted by atomic mass is 10.4. The van der Waals surface area contributed by atoms with Crippen molar-refractivity contribution in [2.75, 3.05) is 24.7 Å². The molecule has 0 amide bonds. The van der Waals surface area contributed by atoms with Crippen LogP contribution in [-0.2, 0) is 10.8 Å². The van der Waals surface area contributed by atoms with Gasteiger partial charge in [0.1, 0.15) is 12.1 Å². The zero-order valence-electron chi connectivity index (χ0n) is 9.77. The Morgan fingerprint density at radius 1 is 1.56 bits per heavy atom. The van der Waals surface area contributed by atoms with Crippen molar-refractivity contribution < 1.29 is 8.95 Å². The largest absolute Gasteiger partial charge is 0.478 e. The highest BCUT2D eigenvalue weighted by Crippen LogP contribution is 2.10. The summed E-state index contributed by atoms with van der Waals surface area (Å²) in [5, 5.41) is 3.19. The van der Waals surface area contributed by atoms with E-state index < -0.39 is 10.8 Å². The van der Waals surface area contributed by atoms with Crippen molar-refractivity contribution in [3.8, 4) is 5.88 Å². The summed E-state index contributed by atoms with van der Waals surface area (Å²) in [5.74, 6) is 1.24. The van der Waals surface area contributed by atoms with Gasteiger partial charge in [0.2, 0.25) is 5.88 Å². The van der Waals surface area contributed by atoms with E-state index in [0.29, 0.717) is 24.8 Å². The summed E-state index contributed by atoms with van der Waals surface area (Å²) in [6.45, 7) is 5.02. The molecular weight excluding hydrogens is 226 g/mol. The topological polar surface area (TPSA) is 64.1 Å². The molecule has 1 N–H and O–H groups in total. The minimum Gasteiger partial charge on any atom is -0.478 e.